The SMILES string of the molecule is COc1cc(-n2c3ccccc3c3c(OCC(C)(C)C(=O)O)cccc32)ccc1OCc1nc(-c2ccccc2)oc1C. The molecule has 0 amide bonds. The fourth-order valence-corrected chi connectivity index (χ4v) is 5.03. The maximum Gasteiger partial charge on any atom is 0.312 e. The predicted octanol–water partition coefficient (Wildman–Crippen LogP) is 7.82. The number of fused-ring (bicyclic) bond motifs is 3. The van der Waals surface area contributed by atoms with Crippen LogP contribution in [0.4, 0.5) is 0 Å². The van der Waals surface area contributed by atoms with Gasteiger partial charge in [0.2, 0.25) is 5.89 Å². The van der Waals surface area contributed by atoms with Crippen molar-refractivity contribution < 1.29 is 28.5 Å². The largest absolute Gasteiger partial charge is 0.493 e. The van der Waals surface area contributed by atoms with E-state index < -0.39 is 11.4 Å². The van der Waals surface area contributed by atoms with E-state index in [0.29, 0.717) is 34.6 Å². The van der Waals surface area contributed by atoms with Gasteiger partial charge in [-0.1, -0.05) is 42.5 Å². The van der Waals surface area contributed by atoms with Crippen molar-refractivity contribution in [1.82, 2.24) is 9.55 Å². The Morgan fingerprint density at radius 2 is 1.63 bits per heavy atom. The van der Waals surface area contributed by atoms with Crippen LogP contribution in [-0.2, 0) is 11.4 Å². The third-order valence-electron chi connectivity index (χ3n) is 7.51. The molecule has 218 valence electrons. The summed E-state index contributed by atoms with van der Waals surface area (Å²) >= 11 is 0. The first-order valence-corrected chi connectivity index (χ1v) is 14.0. The van der Waals surface area contributed by atoms with Crippen LogP contribution < -0.4 is 14.2 Å². The van der Waals surface area contributed by atoms with E-state index in [1.165, 1.54) is 0 Å². The molecule has 0 bridgehead atoms. The Balaban J connectivity index is 1.34. The van der Waals surface area contributed by atoms with Crippen molar-refractivity contribution in [2.24, 2.45) is 5.41 Å². The lowest BCUT2D eigenvalue weighted by Crippen LogP contribution is -2.30. The van der Waals surface area contributed by atoms with E-state index in [-0.39, 0.29) is 13.2 Å². The summed E-state index contributed by atoms with van der Waals surface area (Å²) in [5.74, 6) is 2.13. The fraction of sp³-hybridized carbons (Fsp3) is 0.200. The predicted molar refractivity (Wildman–Crippen MR) is 165 cm³/mol. The first-order chi connectivity index (χ1) is 20.8. The van der Waals surface area contributed by atoms with Crippen molar-refractivity contribution in [3.8, 4) is 34.4 Å². The molecule has 0 atom stereocenters. The number of aryl methyl sites for hydroxylation is 1. The van der Waals surface area contributed by atoms with Gasteiger partial charge in [-0.2, -0.15) is 0 Å². The van der Waals surface area contributed by atoms with E-state index >= 15 is 0 Å². The number of oxazole rings is 1. The van der Waals surface area contributed by atoms with Crippen LogP contribution in [0.15, 0.2) is 95.4 Å². The van der Waals surface area contributed by atoms with Crippen molar-refractivity contribution in [3.05, 3.63) is 102 Å². The molecule has 0 radical (unpaired) electrons. The molecular formula is C35H32N2O6. The highest BCUT2D eigenvalue weighted by Gasteiger charge is 2.29. The first kappa shape index (κ1) is 27.9. The molecule has 0 saturated heterocycles. The van der Waals surface area contributed by atoms with Crippen LogP contribution in [0.3, 0.4) is 0 Å². The second-order valence-electron chi connectivity index (χ2n) is 11.0. The smallest absolute Gasteiger partial charge is 0.312 e. The highest BCUT2D eigenvalue weighted by atomic mass is 16.5. The highest BCUT2D eigenvalue weighted by molar-refractivity contribution is 6.12. The van der Waals surface area contributed by atoms with Gasteiger partial charge in [0.15, 0.2) is 11.5 Å². The van der Waals surface area contributed by atoms with Gasteiger partial charge in [0.05, 0.1) is 29.2 Å². The summed E-state index contributed by atoms with van der Waals surface area (Å²) in [6, 6.07) is 29.5. The number of aromatic nitrogens is 2. The molecule has 2 aromatic heterocycles. The van der Waals surface area contributed by atoms with Gasteiger partial charge in [-0.05, 0) is 63.2 Å². The molecule has 0 saturated carbocycles. The molecule has 0 fully saturated rings. The molecule has 43 heavy (non-hydrogen) atoms. The summed E-state index contributed by atoms with van der Waals surface area (Å²) < 4.78 is 26.1. The van der Waals surface area contributed by atoms with Gasteiger partial charge in [-0.25, -0.2) is 4.98 Å². The van der Waals surface area contributed by atoms with Crippen molar-refractivity contribution in [2.45, 2.75) is 27.4 Å². The molecule has 8 heteroatoms. The van der Waals surface area contributed by atoms with E-state index in [4.69, 9.17) is 18.6 Å². The molecule has 6 aromatic rings. The van der Waals surface area contributed by atoms with Crippen LogP contribution in [0.1, 0.15) is 25.3 Å². The average Bonchev–Trinajstić information content (AvgIpc) is 3.57. The standard InChI is InChI=1S/C35H32N2O6/c1-22-26(36-33(43-22)23-11-6-5-7-12-23)20-41-29-18-17-24(19-31(29)40-4)37-27-14-9-8-13-25(27)32-28(37)15-10-16-30(32)42-21-35(2,3)34(38)39/h5-19H,20-21H2,1-4H3,(H,38,39). The van der Waals surface area contributed by atoms with Gasteiger partial charge >= 0.3 is 5.97 Å². The molecule has 0 aliphatic rings. The van der Waals surface area contributed by atoms with Crippen LogP contribution in [0.2, 0.25) is 0 Å². The second kappa shape index (κ2) is 11.2. The zero-order chi connectivity index (χ0) is 30.1. The van der Waals surface area contributed by atoms with Gasteiger partial charge in [0.1, 0.15) is 30.4 Å². The Hall–Kier alpha value is -5.24. The number of ether oxygens (including phenoxy) is 3. The van der Waals surface area contributed by atoms with E-state index in [0.717, 1.165) is 33.1 Å². The number of methoxy groups -OCH3 is 1. The van der Waals surface area contributed by atoms with Crippen molar-refractivity contribution in [2.75, 3.05) is 13.7 Å². The topological polar surface area (TPSA) is 96.0 Å². The number of nitrogens with zero attached hydrogens (tertiary/aromatic N) is 2. The van der Waals surface area contributed by atoms with Crippen LogP contribution in [-0.4, -0.2) is 34.3 Å². The number of benzene rings is 4. The van der Waals surface area contributed by atoms with E-state index in [1.54, 1.807) is 21.0 Å². The van der Waals surface area contributed by atoms with Crippen molar-refractivity contribution in [3.63, 3.8) is 0 Å². The molecule has 4 aromatic carbocycles. The summed E-state index contributed by atoms with van der Waals surface area (Å²) in [5.41, 5.74) is 3.37. The number of para-hydroxylation sites is 1. The van der Waals surface area contributed by atoms with Crippen molar-refractivity contribution >= 4 is 27.8 Å². The summed E-state index contributed by atoms with van der Waals surface area (Å²) in [6.07, 6.45) is 0. The lowest BCUT2D eigenvalue weighted by Gasteiger charge is -2.20. The quantitative estimate of drug-likeness (QED) is 0.178. The summed E-state index contributed by atoms with van der Waals surface area (Å²) in [4.78, 5) is 16.3. The Morgan fingerprint density at radius 1 is 0.884 bits per heavy atom. The molecular weight excluding hydrogens is 544 g/mol. The highest BCUT2D eigenvalue weighted by Crippen LogP contribution is 2.40. The first-order valence-electron chi connectivity index (χ1n) is 14.0. The summed E-state index contributed by atoms with van der Waals surface area (Å²) in [7, 11) is 1.61. The Bertz CT molecular complexity index is 1940. The minimum Gasteiger partial charge on any atom is -0.493 e. The van der Waals surface area contributed by atoms with Gasteiger partial charge in [0.25, 0.3) is 0 Å². The lowest BCUT2D eigenvalue weighted by atomic mass is 9.95. The Kier molecular flexibility index (Phi) is 7.27. The third kappa shape index (κ3) is 5.28. The number of aliphatic carboxylic acids is 1. The molecule has 0 spiro atoms. The molecule has 0 unspecified atom stereocenters. The third-order valence-corrected chi connectivity index (χ3v) is 7.51. The number of carboxylic acids is 1. The number of carboxylic acid groups (broad SMARTS) is 1. The van der Waals surface area contributed by atoms with Crippen LogP contribution in [0.25, 0.3) is 38.9 Å². The van der Waals surface area contributed by atoms with Crippen LogP contribution in [0.5, 0.6) is 17.2 Å². The Labute approximate surface area is 249 Å². The lowest BCUT2D eigenvalue weighted by molar-refractivity contribution is -0.148. The van der Waals surface area contributed by atoms with E-state index in [1.807, 2.05) is 91.9 Å². The number of hydrogen-bond acceptors (Lipinski definition) is 6. The van der Waals surface area contributed by atoms with Crippen LogP contribution in [0, 0.1) is 12.3 Å². The maximum atomic E-state index is 11.7. The molecule has 1 N–H and O–H groups in total. The van der Waals surface area contributed by atoms with Crippen molar-refractivity contribution in [1.29, 1.82) is 0 Å². The normalized spacial score (nSPS) is 11.6. The molecule has 6 rings (SSSR count). The van der Waals surface area contributed by atoms with E-state index in [9.17, 15) is 9.90 Å². The number of hydrogen-bond donors (Lipinski definition) is 1. The number of rotatable bonds is 10. The summed E-state index contributed by atoms with van der Waals surface area (Å²) in [5, 5.41) is 11.5. The fourth-order valence-electron chi connectivity index (χ4n) is 5.03. The van der Waals surface area contributed by atoms with Gasteiger partial charge in [-0.15, -0.1) is 0 Å². The average molecular weight is 577 g/mol. The molecule has 2 heterocycles. The minimum absolute atomic E-state index is 0.0403. The minimum atomic E-state index is -1.03. The Morgan fingerprint density at radius 3 is 2.40 bits per heavy atom. The number of carbonyl (C=O) groups is 1. The molecule has 8 nitrogen and oxygen atoms in total. The zero-order valence-corrected chi connectivity index (χ0v) is 24.5. The van der Waals surface area contributed by atoms with Gasteiger partial charge in [0, 0.05) is 22.4 Å². The van der Waals surface area contributed by atoms with Gasteiger partial charge in [-0.3, -0.25) is 4.79 Å². The summed E-state index contributed by atoms with van der Waals surface area (Å²) in [6.45, 7) is 5.45. The molecule has 0 aliphatic heterocycles. The maximum absolute atomic E-state index is 11.7. The van der Waals surface area contributed by atoms with Gasteiger partial charge < -0.3 is 28.3 Å². The molecule has 0 aliphatic carbocycles. The monoisotopic (exact) mass is 576 g/mol. The van der Waals surface area contributed by atoms with E-state index in [2.05, 4.69) is 15.6 Å². The van der Waals surface area contributed by atoms with Crippen LogP contribution >= 0.6 is 0 Å². The zero-order valence-electron chi connectivity index (χ0n) is 24.5. The second-order valence-corrected chi connectivity index (χ2v) is 11.0.